The van der Waals surface area contributed by atoms with Crippen LogP contribution in [0.15, 0.2) is 0 Å². The van der Waals surface area contributed by atoms with Crippen LogP contribution in [0.25, 0.3) is 0 Å². The van der Waals surface area contributed by atoms with Gasteiger partial charge >= 0.3 is 5.92 Å². The van der Waals surface area contributed by atoms with Crippen molar-refractivity contribution in [1.82, 2.24) is 0 Å². The molecule has 0 fully saturated rings. The molecule has 0 N–H and O–H groups in total. The van der Waals surface area contributed by atoms with E-state index in [4.69, 9.17) is 0 Å². The minimum atomic E-state index is -4.07. The summed E-state index contributed by atoms with van der Waals surface area (Å²) < 4.78 is 12.1. The van der Waals surface area contributed by atoms with Gasteiger partial charge in [-0.1, -0.05) is 4.39 Å². The van der Waals surface area contributed by atoms with E-state index in [0.717, 1.165) is 0 Å². The number of hydrogen-bond donors (Lipinski definition) is 0. The van der Waals surface area contributed by atoms with Crippen molar-refractivity contribution in [2.24, 2.45) is 0 Å². The highest BCUT2D eigenvalue weighted by atomic mass is 19.2. The Morgan fingerprint density at radius 1 is 1.30 bits per heavy atom. The van der Waals surface area contributed by atoms with Gasteiger partial charge in [-0.15, -0.1) is 0 Å². The number of nitro groups is 2. The van der Waals surface area contributed by atoms with Crippen LogP contribution in [0.4, 0.5) is 4.39 Å². The van der Waals surface area contributed by atoms with Crippen molar-refractivity contribution in [3.63, 3.8) is 0 Å². The number of hydrogen-bond acceptors (Lipinski definition) is 4. The van der Waals surface area contributed by atoms with Crippen LogP contribution in [0.5, 0.6) is 0 Å². The minimum absolute atomic E-state index is 1.86. The van der Waals surface area contributed by atoms with E-state index in [1.165, 1.54) is 0 Å². The van der Waals surface area contributed by atoms with E-state index in [9.17, 15) is 29.7 Å². The van der Waals surface area contributed by atoms with Crippen molar-refractivity contribution >= 4 is 0 Å². The van der Waals surface area contributed by atoms with E-state index in [2.05, 4.69) is 0 Å². The Balaban J connectivity index is 4.55. The molecule has 1 radical (unpaired) electrons. The molecule has 0 heterocycles. The number of nitrogens with zero attached hydrogens (tertiary/aromatic N) is 2. The molecule has 0 saturated carbocycles. The lowest BCUT2D eigenvalue weighted by Gasteiger charge is -2.01. The van der Waals surface area contributed by atoms with Gasteiger partial charge in [0.05, 0.1) is 0 Å². The van der Waals surface area contributed by atoms with E-state index in [0.29, 0.717) is 0 Å². The van der Waals surface area contributed by atoms with Gasteiger partial charge in [-0.05, 0) is 0 Å². The van der Waals surface area contributed by atoms with Crippen LogP contribution in [-0.4, -0.2) is 22.4 Å². The molecular weight excluding hydrogens is 151 g/mol. The van der Waals surface area contributed by atoms with Gasteiger partial charge < -0.3 is 0 Å². The maximum Gasteiger partial charge on any atom is 0.641 e. The van der Waals surface area contributed by atoms with E-state index in [1.54, 1.807) is 0 Å². The first kappa shape index (κ1) is 8.69. The van der Waals surface area contributed by atoms with Crippen molar-refractivity contribution < 1.29 is 19.3 Å². The largest absolute Gasteiger partial charge is 0.641 e. The second-order valence-corrected chi connectivity index (χ2v) is 1.38. The Morgan fingerprint density at radius 3 is 1.60 bits per heavy atom. The first-order valence-electron chi connectivity index (χ1n) is 2.01. The number of alkyl halides is 1. The highest BCUT2D eigenvalue weighted by molar-refractivity contribution is 4.45. The molecule has 10 heavy (non-hydrogen) atoms. The maximum atomic E-state index is 12.1. The summed E-state index contributed by atoms with van der Waals surface area (Å²) >= 11 is 0. The van der Waals surface area contributed by atoms with Crippen LogP contribution in [-0.2, 0) is 5.11 Å². The molecule has 0 saturated heterocycles. The zero-order valence-electron chi connectivity index (χ0n) is 4.52. The SMILES string of the molecule is [O]CC(F)([N+](=O)[O-])[N+](=O)[O-]. The molecule has 0 atom stereocenters. The van der Waals surface area contributed by atoms with Crippen molar-refractivity contribution in [3.05, 3.63) is 20.2 Å². The van der Waals surface area contributed by atoms with Gasteiger partial charge in [-0.2, -0.15) is 0 Å². The average Bonchev–Trinajstić information content (AvgIpc) is 1.85. The molecule has 0 aromatic rings. The third kappa shape index (κ3) is 1.16. The highest BCUT2D eigenvalue weighted by Crippen LogP contribution is 2.10. The zero-order valence-corrected chi connectivity index (χ0v) is 4.52. The molecule has 0 aliphatic heterocycles. The van der Waals surface area contributed by atoms with Crippen LogP contribution in [0.3, 0.4) is 0 Å². The second kappa shape index (κ2) is 2.52. The molecule has 0 aromatic carbocycles. The van der Waals surface area contributed by atoms with Crippen LogP contribution in [0.2, 0.25) is 0 Å². The van der Waals surface area contributed by atoms with E-state index in [-0.39, 0.29) is 0 Å². The van der Waals surface area contributed by atoms with Crippen LogP contribution in [0.1, 0.15) is 0 Å². The lowest BCUT2D eigenvalue weighted by molar-refractivity contribution is -0.834. The monoisotopic (exact) mass is 153 g/mol. The topological polar surface area (TPSA) is 106 Å². The molecule has 0 aliphatic carbocycles. The van der Waals surface area contributed by atoms with Crippen LogP contribution in [0, 0.1) is 20.2 Å². The lowest BCUT2D eigenvalue weighted by atomic mass is 10.5. The van der Waals surface area contributed by atoms with Gasteiger partial charge in [0.15, 0.2) is 0 Å². The normalized spacial score (nSPS) is 11.0. The molecule has 7 nitrogen and oxygen atoms in total. The summed E-state index contributed by atoms with van der Waals surface area (Å²) in [5.41, 5.74) is 0. The molecule has 0 aromatic heterocycles. The van der Waals surface area contributed by atoms with Crippen LogP contribution < -0.4 is 0 Å². The molecule has 0 rings (SSSR count). The van der Waals surface area contributed by atoms with Crippen molar-refractivity contribution in [3.8, 4) is 0 Å². The molecule has 8 heteroatoms. The predicted molar refractivity (Wildman–Crippen MR) is 23.4 cm³/mol. The molecular formula is C2H2FN2O5. The quantitative estimate of drug-likeness (QED) is 0.238. The summed E-state index contributed by atoms with van der Waals surface area (Å²) in [6.45, 7) is -2.02. The predicted octanol–water partition coefficient (Wildman–Crippen LogP) is -0.406. The van der Waals surface area contributed by atoms with Crippen LogP contribution >= 0.6 is 0 Å². The lowest BCUT2D eigenvalue weighted by Crippen LogP contribution is -2.44. The summed E-state index contributed by atoms with van der Waals surface area (Å²) in [6.07, 6.45) is 0. The standard InChI is InChI=1S/C2H2FN2O5/c3-2(1-6,4(7)8)5(9)10/h1H2. The molecule has 0 unspecified atom stereocenters. The fourth-order valence-corrected chi connectivity index (χ4v) is 0.172. The van der Waals surface area contributed by atoms with Crippen molar-refractivity contribution in [2.75, 3.05) is 6.61 Å². The molecule has 0 spiro atoms. The molecule has 0 bridgehead atoms. The Labute approximate surface area is 53.4 Å². The van der Waals surface area contributed by atoms with E-state index in [1.807, 2.05) is 0 Å². The summed E-state index contributed by atoms with van der Waals surface area (Å²) in [5.74, 6) is -4.07. The average molecular weight is 153 g/mol. The van der Waals surface area contributed by atoms with Gasteiger partial charge in [-0.3, -0.25) is 20.2 Å². The Bertz CT molecular complexity index is 155. The Morgan fingerprint density at radius 2 is 1.60 bits per heavy atom. The van der Waals surface area contributed by atoms with Gasteiger partial charge in [0.1, 0.15) is 9.85 Å². The van der Waals surface area contributed by atoms with Gasteiger partial charge in [0.25, 0.3) is 6.61 Å². The summed E-state index contributed by atoms with van der Waals surface area (Å²) in [5, 5.41) is 28.5. The van der Waals surface area contributed by atoms with Gasteiger partial charge in [0, 0.05) is 0 Å². The van der Waals surface area contributed by atoms with Crippen molar-refractivity contribution in [1.29, 1.82) is 0 Å². The first-order valence-corrected chi connectivity index (χ1v) is 2.01. The summed E-state index contributed by atoms with van der Waals surface area (Å²) in [6, 6.07) is 0. The first-order chi connectivity index (χ1) is 4.45. The molecule has 0 aliphatic rings. The molecule has 0 amide bonds. The van der Waals surface area contributed by atoms with Crippen molar-refractivity contribution in [2.45, 2.75) is 5.92 Å². The minimum Gasteiger partial charge on any atom is -0.256 e. The third-order valence-corrected chi connectivity index (χ3v) is 0.743. The summed E-state index contributed by atoms with van der Waals surface area (Å²) in [4.78, 5) is 15.2. The fourth-order valence-electron chi connectivity index (χ4n) is 0.172. The number of rotatable bonds is 3. The Kier molecular flexibility index (Phi) is 2.19. The maximum absolute atomic E-state index is 12.1. The third-order valence-electron chi connectivity index (χ3n) is 0.743. The smallest absolute Gasteiger partial charge is 0.256 e. The fraction of sp³-hybridized carbons (Fsp3) is 1.00. The summed E-state index contributed by atoms with van der Waals surface area (Å²) in [7, 11) is 0. The molecule has 57 valence electrons. The van der Waals surface area contributed by atoms with Gasteiger partial charge in [-0.25, -0.2) is 5.11 Å². The zero-order chi connectivity index (χ0) is 8.36. The second-order valence-electron chi connectivity index (χ2n) is 1.38. The van der Waals surface area contributed by atoms with E-state index < -0.39 is 22.4 Å². The highest BCUT2D eigenvalue weighted by Gasteiger charge is 2.58. The van der Waals surface area contributed by atoms with Gasteiger partial charge in [0.2, 0.25) is 0 Å². The van der Waals surface area contributed by atoms with E-state index >= 15 is 0 Å². The Hall–Kier alpha value is -1.31. The number of halogens is 1.